The first-order valence-corrected chi connectivity index (χ1v) is 5.87. The summed E-state index contributed by atoms with van der Waals surface area (Å²) in [5.74, 6) is 0. The predicted octanol–water partition coefficient (Wildman–Crippen LogP) is 5.16. The molecule has 0 fully saturated rings. The molecule has 0 unspecified atom stereocenters. The zero-order chi connectivity index (χ0) is 12.5. The minimum absolute atomic E-state index is 0.535. The monoisotopic (exact) mass is 239 g/mol. The Hall–Kier alpha value is -1.79. The fourth-order valence-electron chi connectivity index (χ4n) is 1.99. The summed E-state index contributed by atoms with van der Waals surface area (Å²) < 4.78 is 7.61. The molecule has 0 aliphatic rings. The Balaban J connectivity index is 2.20. The summed E-state index contributed by atoms with van der Waals surface area (Å²) in [7, 11) is 0. The van der Waals surface area contributed by atoms with Gasteiger partial charge in [-0.1, -0.05) is 66.2 Å². The molecule has 17 heavy (non-hydrogen) atoms. The molecule has 0 aliphatic heterocycles. The second-order valence-electron chi connectivity index (χ2n) is 3.97. The van der Waals surface area contributed by atoms with Gasteiger partial charge in [0, 0.05) is 10.6 Å². The van der Waals surface area contributed by atoms with E-state index >= 15 is 0 Å². The van der Waals surface area contributed by atoms with E-state index in [1.165, 1.54) is 0 Å². The van der Waals surface area contributed by atoms with E-state index in [0.717, 1.165) is 26.9 Å². The van der Waals surface area contributed by atoms with Crippen LogP contribution in [-0.4, -0.2) is 0 Å². The van der Waals surface area contributed by atoms with Gasteiger partial charge in [0.1, 0.15) is 0 Å². The topological polar surface area (TPSA) is 0 Å². The highest BCUT2D eigenvalue weighted by Crippen LogP contribution is 2.29. The van der Waals surface area contributed by atoms with E-state index in [1.54, 1.807) is 6.07 Å². The first-order valence-electron chi connectivity index (χ1n) is 5.99. The maximum atomic E-state index is 7.61. The summed E-state index contributed by atoms with van der Waals surface area (Å²) in [6.45, 7) is 0. The Morgan fingerprint density at radius 2 is 1.71 bits per heavy atom. The van der Waals surface area contributed by atoms with Crippen LogP contribution >= 0.6 is 11.6 Å². The van der Waals surface area contributed by atoms with Crippen molar-refractivity contribution in [1.29, 1.82) is 0 Å². The van der Waals surface area contributed by atoms with Crippen molar-refractivity contribution in [3.8, 4) is 11.1 Å². The summed E-state index contributed by atoms with van der Waals surface area (Å²) in [6.07, 6.45) is 0. The SMILES string of the molecule is [2H]c1ccc2cc(-c3ccccc3Cl)ccc2c1. The summed E-state index contributed by atoms with van der Waals surface area (Å²) in [5, 5.41) is 2.97. The number of fused-ring (bicyclic) bond motifs is 1. The summed E-state index contributed by atoms with van der Waals surface area (Å²) in [4.78, 5) is 0. The molecule has 0 atom stereocenters. The van der Waals surface area contributed by atoms with Gasteiger partial charge in [-0.2, -0.15) is 0 Å². The summed E-state index contributed by atoms with van der Waals surface area (Å²) in [6, 6.07) is 20.2. The van der Waals surface area contributed by atoms with Crippen LogP contribution in [-0.2, 0) is 0 Å². The van der Waals surface area contributed by atoms with Crippen molar-refractivity contribution in [3.05, 3.63) is 71.7 Å². The lowest BCUT2D eigenvalue weighted by molar-refractivity contribution is 1.64. The zero-order valence-corrected chi connectivity index (χ0v) is 9.91. The molecule has 0 aromatic heterocycles. The van der Waals surface area contributed by atoms with E-state index in [4.69, 9.17) is 13.0 Å². The van der Waals surface area contributed by atoms with Crippen LogP contribution in [0.15, 0.2) is 66.7 Å². The van der Waals surface area contributed by atoms with Crippen LogP contribution < -0.4 is 0 Å². The molecule has 0 radical (unpaired) electrons. The van der Waals surface area contributed by atoms with Crippen molar-refractivity contribution < 1.29 is 1.37 Å². The fraction of sp³-hybridized carbons (Fsp3) is 0. The molecule has 0 amide bonds. The van der Waals surface area contributed by atoms with Crippen LogP contribution in [0.2, 0.25) is 5.02 Å². The Morgan fingerprint density at radius 1 is 0.824 bits per heavy atom. The van der Waals surface area contributed by atoms with Crippen molar-refractivity contribution in [2.24, 2.45) is 0 Å². The van der Waals surface area contributed by atoms with Crippen LogP contribution in [0.1, 0.15) is 1.37 Å². The molecular weight excluding hydrogens is 228 g/mol. The molecule has 0 spiro atoms. The van der Waals surface area contributed by atoms with Crippen molar-refractivity contribution >= 4 is 22.4 Å². The molecule has 0 saturated heterocycles. The normalized spacial score (nSPS) is 11.5. The zero-order valence-electron chi connectivity index (χ0n) is 10.2. The highest BCUT2D eigenvalue weighted by molar-refractivity contribution is 6.33. The van der Waals surface area contributed by atoms with E-state index in [2.05, 4.69) is 6.07 Å². The van der Waals surface area contributed by atoms with Crippen LogP contribution in [0.25, 0.3) is 21.9 Å². The summed E-state index contributed by atoms with van der Waals surface area (Å²) in [5.41, 5.74) is 2.14. The Bertz CT molecular complexity index is 719. The second-order valence-corrected chi connectivity index (χ2v) is 4.38. The molecule has 0 nitrogen and oxygen atoms in total. The van der Waals surface area contributed by atoms with Gasteiger partial charge in [-0.25, -0.2) is 0 Å². The quantitative estimate of drug-likeness (QED) is 0.550. The number of hydrogen-bond acceptors (Lipinski definition) is 0. The van der Waals surface area contributed by atoms with Gasteiger partial charge in [-0.05, 0) is 28.5 Å². The lowest BCUT2D eigenvalue weighted by Gasteiger charge is -2.05. The van der Waals surface area contributed by atoms with E-state index in [0.29, 0.717) is 6.04 Å². The Morgan fingerprint density at radius 3 is 2.59 bits per heavy atom. The van der Waals surface area contributed by atoms with Gasteiger partial charge >= 0.3 is 0 Å². The van der Waals surface area contributed by atoms with E-state index in [1.807, 2.05) is 48.5 Å². The lowest BCUT2D eigenvalue weighted by Crippen LogP contribution is -1.80. The minimum Gasteiger partial charge on any atom is -0.0837 e. The van der Waals surface area contributed by atoms with Crippen LogP contribution in [0.5, 0.6) is 0 Å². The fourth-order valence-corrected chi connectivity index (χ4v) is 2.23. The lowest BCUT2D eigenvalue weighted by atomic mass is 10.0. The molecule has 0 N–H and O–H groups in total. The minimum atomic E-state index is 0.535. The third-order valence-corrected chi connectivity index (χ3v) is 3.20. The van der Waals surface area contributed by atoms with Crippen molar-refractivity contribution in [2.75, 3.05) is 0 Å². The highest BCUT2D eigenvalue weighted by atomic mass is 35.5. The van der Waals surface area contributed by atoms with Crippen molar-refractivity contribution in [2.45, 2.75) is 0 Å². The molecule has 0 aliphatic carbocycles. The Kier molecular flexibility index (Phi) is 2.30. The average molecular weight is 240 g/mol. The predicted molar refractivity (Wildman–Crippen MR) is 74.4 cm³/mol. The van der Waals surface area contributed by atoms with Crippen LogP contribution in [0.4, 0.5) is 0 Å². The largest absolute Gasteiger partial charge is 0.0837 e. The van der Waals surface area contributed by atoms with Crippen molar-refractivity contribution in [1.82, 2.24) is 0 Å². The molecule has 0 bridgehead atoms. The number of rotatable bonds is 1. The van der Waals surface area contributed by atoms with Gasteiger partial charge in [0.2, 0.25) is 0 Å². The first kappa shape index (κ1) is 9.26. The molecule has 3 aromatic carbocycles. The number of hydrogen-bond donors (Lipinski definition) is 0. The van der Waals surface area contributed by atoms with Gasteiger partial charge in [0.25, 0.3) is 0 Å². The van der Waals surface area contributed by atoms with Gasteiger partial charge in [0.05, 0.1) is 1.37 Å². The van der Waals surface area contributed by atoms with E-state index < -0.39 is 0 Å². The van der Waals surface area contributed by atoms with E-state index in [-0.39, 0.29) is 0 Å². The van der Waals surface area contributed by atoms with Crippen LogP contribution in [0.3, 0.4) is 0 Å². The van der Waals surface area contributed by atoms with Gasteiger partial charge in [-0.15, -0.1) is 0 Å². The third kappa shape index (κ3) is 1.92. The third-order valence-electron chi connectivity index (χ3n) is 2.87. The molecule has 3 rings (SSSR count). The number of halogens is 1. The molecule has 0 heterocycles. The highest BCUT2D eigenvalue weighted by Gasteiger charge is 2.02. The molecule has 3 aromatic rings. The maximum Gasteiger partial charge on any atom is 0.0623 e. The molecular formula is C16H11Cl. The van der Waals surface area contributed by atoms with Gasteiger partial charge in [0.15, 0.2) is 0 Å². The standard InChI is InChI=1S/C16H11Cl/c17-16-8-4-3-7-15(16)14-10-9-12-5-1-2-6-13(12)11-14/h1-11H/i1D. The average Bonchev–Trinajstić information content (AvgIpc) is 2.39. The van der Waals surface area contributed by atoms with E-state index in [9.17, 15) is 0 Å². The van der Waals surface area contributed by atoms with Gasteiger partial charge in [-0.3, -0.25) is 0 Å². The van der Waals surface area contributed by atoms with Crippen LogP contribution in [0, 0.1) is 0 Å². The van der Waals surface area contributed by atoms with Gasteiger partial charge < -0.3 is 0 Å². The molecule has 0 saturated carbocycles. The smallest absolute Gasteiger partial charge is 0.0623 e. The summed E-state index contributed by atoms with van der Waals surface area (Å²) >= 11 is 6.21. The Labute approximate surface area is 107 Å². The number of benzene rings is 3. The first-order chi connectivity index (χ1) is 8.74. The second kappa shape index (κ2) is 4.23. The molecule has 1 heteroatoms. The molecule has 82 valence electrons. The van der Waals surface area contributed by atoms with Crippen molar-refractivity contribution in [3.63, 3.8) is 0 Å². The maximum absolute atomic E-state index is 7.61.